The van der Waals surface area contributed by atoms with E-state index in [0.717, 1.165) is 37.7 Å². The quantitative estimate of drug-likeness (QED) is 0.423. The van der Waals surface area contributed by atoms with Gasteiger partial charge in [0.2, 0.25) is 11.8 Å². The van der Waals surface area contributed by atoms with Gasteiger partial charge in [-0.15, -0.1) is 10.2 Å². The maximum absolute atomic E-state index is 11.2. The highest BCUT2D eigenvalue weighted by atomic mass is 35.5. The van der Waals surface area contributed by atoms with E-state index < -0.39 is 0 Å². The second kappa shape index (κ2) is 6.63. The van der Waals surface area contributed by atoms with Crippen LogP contribution < -0.4 is 0 Å². The molecule has 0 radical (unpaired) electrons. The first-order valence-corrected chi connectivity index (χ1v) is 11.1. The van der Waals surface area contributed by atoms with Crippen LogP contribution in [-0.4, -0.2) is 24.9 Å². The van der Waals surface area contributed by atoms with E-state index in [1.165, 1.54) is 12.6 Å². The number of nitrogens with zero attached hydrogens (tertiary/aromatic N) is 5. The van der Waals surface area contributed by atoms with Crippen molar-refractivity contribution in [1.29, 1.82) is 0 Å². The van der Waals surface area contributed by atoms with Crippen molar-refractivity contribution in [2.24, 2.45) is 11.8 Å². The van der Waals surface area contributed by atoms with Gasteiger partial charge in [-0.25, -0.2) is 0 Å². The minimum Gasteiger partial charge on any atom is -0.424 e. The van der Waals surface area contributed by atoms with Crippen molar-refractivity contribution in [3.63, 3.8) is 0 Å². The Hall–Kier alpha value is -2.74. The van der Waals surface area contributed by atoms with E-state index in [4.69, 9.17) is 16.0 Å². The third kappa shape index (κ3) is 3.07. The van der Waals surface area contributed by atoms with Gasteiger partial charge in [-0.2, -0.15) is 5.10 Å². The molecule has 0 aliphatic heterocycles. The van der Waals surface area contributed by atoms with Crippen LogP contribution in [0.3, 0.4) is 0 Å². The molecule has 4 aliphatic rings. The van der Waals surface area contributed by atoms with E-state index in [1.807, 2.05) is 28.9 Å². The molecule has 4 aliphatic carbocycles. The number of benzene rings is 1. The molecule has 0 saturated heterocycles. The molecule has 31 heavy (non-hydrogen) atoms. The molecule has 8 nitrogen and oxygen atoms in total. The van der Waals surface area contributed by atoms with Crippen LogP contribution >= 0.6 is 11.6 Å². The molecule has 4 bridgehead atoms. The number of aromatic nitrogens is 4. The van der Waals surface area contributed by atoms with Crippen LogP contribution in [0.15, 0.2) is 41.1 Å². The van der Waals surface area contributed by atoms with Crippen LogP contribution in [0.5, 0.6) is 0 Å². The third-order valence-electron chi connectivity index (χ3n) is 7.46. The molecular formula is C22H22ClN5O3. The van der Waals surface area contributed by atoms with Gasteiger partial charge in [-0.05, 0) is 68.1 Å². The molecular weight excluding hydrogens is 418 g/mol. The Morgan fingerprint density at radius 1 is 1.23 bits per heavy atom. The van der Waals surface area contributed by atoms with Crippen LogP contribution in [0.1, 0.15) is 55.9 Å². The van der Waals surface area contributed by atoms with Gasteiger partial charge in [0.15, 0.2) is 0 Å². The molecule has 0 N–H and O–H groups in total. The molecule has 1 aromatic carbocycles. The highest BCUT2D eigenvalue weighted by Crippen LogP contribution is 2.64. The first-order chi connectivity index (χ1) is 14.9. The Labute approximate surface area is 183 Å². The second-order valence-corrected chi connectivity index (χ2v) is 10.1. The summed E-state index contributed by atoms with van der Waals surface area (Å²) in [6.07, 6.45) is 9.64. The van der Waals surface area contributed by atoms with E-state index in [0.29, 0.717) is 35.1 Å². The van der Waals surface area contributed by atoms with E-state index in [9.17, 15) is 10.1 Å². The van der Waals surface area contributed by atoms with Gasteiger partial charge in [-0.1, -0.05) is 23.7 Å². The zero-order chi connectivity index (χ0) is 21.2. The van der Waals surface area contributed by atoms with Gasteiger partial charge >= 0.3 is 5.69 Å². The minimum absolute atomic E-state index is 0.0476. The van der Waals surface area contributed by atoms with E-state index in [2.05, 4.69) is 15.3 Å². The van der Waals surface area contributed by atoms with Crippen molar-refractivity contribution in [2.45, 2.75) is 55.9 Å². The van der Waals surface area contributed by atoms with Crippen molar-refractivity contribution >= 4 is 17.3 Å². The van der Waals surface area contributed by atoms with Crippen molar-refractivity contribution in [3.8, 4) is 0 Å². The van der Waals surface area contributed by atoms with Gasteiger partial charge in [0.1, 0.15) is 12.4 Å². The molecule has 3 aromatic rings. The molecule has 160 valence electrons. The summed E-state index contributed by atoms with van der Waals surface area (Å²) >= 11 is 6.10. The van der Waals surface area contributed by atoms with Crippen LogP contribution in [0.4, 0.5) is 5.69 Å². The summed E-state index contributed by atoms with van der Waals surface area (Å²) in [4.78, 5) is 10.8. The van der Waals surface area contributed by atoms with E-state index >= 15 is 0 Å². The number of rotatable bonds is 5. The fourth-order valence-corrected chi connectivity index (χ4v) is 6.97. The first kappa shape index (κ1) is 19.0. The summed E-state index contributed by atoms with van der Waals surface area (Å²) in [5, 5.41) is 25.2. The van der Waals surface area contributed by atoms with Crippen molar-refractivity contribution in [3.05, 3.63) is 69.1 Å². The van der Waals surface area contributed by atoms with Crippen LogP contribution in [0.25, 0.3) is 0 Å². The fourth-order valence-electron chi connectivity index (χ4n) is 6.76. The van der Waals surface area contributed by atoms with Gasteiger partial charge in [0.25, 0.3) is 0 Å². The Morgan fingerprint density at radius 2 is 2.03 bits per heavy atom. The second-order valence-electron chi connectivity index (χ2n) is 9.67. The SMILES string of the molecule is O=[N+]([O-])c1cnn(C23CC4CC(CC(c5nnc(Cc6cccc(Cl)c6)o5)(C4)C2)C3)c1. The fraction of sp³-hybridized carbons (Fsp3) is 0.500. The number of halogens is 1. The predicted molar refractivity (Wildman–Crippen MR) is 112 cm³/mol. The summed E-state index contributed by atoms with van der Waals surface area (Å²) in [6, 6.07) is 7.68. The highest BCUT2D eigenvalue weighted by molar-refractivity contribution is 6.30. The van der Waals surface area contributed by atoms with Crippen molar-refractivity contribution in [1.82, 2.24) is 20.0 Å². The monoisotopic (exact) mass is 439 g/mol. The Kier molecular flexibility index (Phi) is 4.06. The molecule has 2 heterocycles. The molecule has 0 spiro atoms. The average molecular weight is 440 g/mol. The lowest BCUT2D eigenvalue weighted by Gasteiger charge is -2.60. The molecule has 9 heteroatoms. The van der Waals surface area contributed by atoms with Crippen LogP contribution in [-0.2, 0) is 17.4 Å². The molecule has 7 rings (SSSR count). The smallest absolute Gasteiger partial charge is 0.307 e. The van der Waals surface area contributed by atoms with Crippen molar-refractivity contribution in [2.75, 3.05) is 0 Å². The standard InChI is InChI=1S/C22H22ClN5O3/c23-17-3-1-2-14(5-17)6-19-25-26-20(31-19)21-7-15-4-16(8-21)10-22(9-15,13-21)27-12-18(11-24-27)28(29)30/h1-3,5,11-12,15-16H,4,6-10,13H2. The van der Waals surface area contributed by atoms with Crippen LogP contribution in [0.2, 0.25) is 5.02 Å². The molecule has 0 amide bonds. The van der Waals surface area contributed by atoms with Gasteiger partial charge < -0.3 is 4.42 Å². The zero-order valence-corrected chi connectivity index (χ0v) is 17.7. The highest BCUT2D eigenvalue weighted by Gasteiger charge is 2.61. The summed E-state index contributed by atoms with van der Waals surface area (Å²) in [7, 11) is 0. The number of nitro groups is 1. The predicted octanol–water partition coefficient (Wildman–Crippen LogP) is 4.67. The Morgan fingerprint density at radius 3 is 2.74 bits per heavy atom. The van der Waals surface area contributed by atoms with Crippen LogP contribution in [0, 0.1) is 22.0 Å². The Bertz CT molecular complexity index is 1160. The first-order valence-electron chi connectivity index (χ1n) is 10.7. The van der Waals surface area contributed by atoms with Gasteiger partial charge in [-0.3, -0.25) is 14.8 Å². The summed E-state index contributed by atoms with van der Waals surface area (Å²) < 4.78 is 8.10. The third-order valence-corrected chi connectivity index (χ3v) is 7.70. The lowest BCUT2D eigenvalue weighted by Crippen LogP contribution is -2.58. The zero-order valence-electron chi connectivity index (χ0n) is 16.9. The summed E-state index contributed by atoms with van der Waals surface area (Å²) in [5.41, 5.74) is 0.699. The maximum atomic E-state index is 11.2. The minimum atomic E-state index is -0.375. The average Bonchev–Trinajstić information content (AvgIpc) is 3.38. The topological polar surface area (TPSA) is 99.9 Å². The molecule has 2 unspecified atom stereocenters. The summed E-state index contributed by atoms with van der Waals surface area (Å²) in [5.74, 6) is 2.40. The number of hydrogen-bond acceptors (Lipinski definition) is 6. The lowest BCUT2D eigenvalue weighted by molar-refractivity contribution is -0.385. The van der Waals surface area contributed by atoms with E-state index in [-0.39, 0.29) is 21.6 Å². The van der Waals surface area contributed by atoms with Gasteiger partial charge in [0.05, 0.1) is 22.3 Å². The Balaban J connectivity index is 1.32. The summed E-state index contributed by atoms with van der Waals surface area (Å²) in [6.45, 7) is 0. The van der Waals surface area contributed by atoms with Crippen molar-refractivity contribution < 1.29 is 9.34 Å². The maximum Gasteiger partial charge on any atom is 0.307 e. The molecule has 4 fully saturated rings. The van der Waals surface area contributed by atoms with E-state index in [1.54, 1.807) is 6.20 Å². The largest absolute Gasteiger partial charge is 0.424 e. The normalized spacial score (nSPS) is 31.3. The van der Waals surface area contributed by atoms with Gasteiger partial charge in [0, 0.05) is 5.02 Å². The number of hydrogen-bond donors (Lipinski definition) is 0. The molecule has 2 aromatic heterocycles. The lowest BCUT2D eigenvalue weighted by atomic mass is 9.47. The molecule has 4 saturated carbocycles. The molecule has 2 atom stereocenters.